The molecule has 0 radical (unpaired) electrons. The molecule has 0 aliphatic carbocycles. The molecule has 0 aromatic carbocycles. The minimum atomic E-state index is -7.61. The van der Waals surface area contributed by atoms with E-state index < -0.39 is 42.4 Å². The van der Waals surface area contributed by atoms with Crippen LogP contribution in [-0.2, 0) is 9.53 Å². The number of carbonyl (C=O) groups is 1. The van der Waals surface area contributed by atoms with E-state index in [1.165, 1.54) is 0 Å². The third-order valence-electron chi connectivity index (χ3n) is 2.78. The van der Waals surface area contributed by atoms with Crippen LogP contribution in [0.3, 0.4) is 0 Å². The Morgan fingerprint density at radius 1 is 0.750 bits per heavy atom. The van der Waals surface area contributed by atoms with Crippen LogP contribution < -0.4 is 0 Å². The van der Waals surface area contributed by atoms with Crippen LogP contribution in [0.1, 0.15) is 26.2 Å². The van der Waals surface area contributed by atoms with Crippen molar-refractivity contribution in [3.63, 3.8) is 0 Å². The monoisotopic (exact) mass is 384 g/mol. The van der Waals surface area contributed by atoms with E-state index in [9.17, 15) is 53.1 Å². The topological polar surface area (TPSA) is 26.3 Å². The maximum atomic E-state index is 13.1. The van der Waals surface area contributed by atoms with Crippen molar-refractivity contribution < 1.29 is 57.8 Å². The van der Waals surface area contributed by atoms with Crippen molar-refractivity contribution in [2.24, 2.45) is 0 Å². The highest BCUT2D eigenvalue weighted by Crippen LogP contribution is 2.57. The van der Waals surface area contributed by atoms with Gasteiger partial charge in [-0.25, -0.2) is 4.79 Å². The molecule has 0 amide bonds. The molecule has 13 heteroatoms. The van der Waals surface area contributed by atoms with Crippen LogP contribution in [0.25, 0.3) is 0 Å². The summed E-state index contributed by atoms with van der Waals surface area (Å²) in [5.74, 6) is -32.4. The molecular weight excluding hydrogens is 373 g/mol. The average Bonchev–Trinajstić information content (AvgIpc) is 2.41. The molecule has 0 aliphatic heterocycles. The van der Waals surface area contributed by atoms with Crippen LogP contribution in [0.2, 0.25) is 0 Å². The summed E-state index contributed by atoms with van der Waals surface area (Å²) in [5, 5.41) is 0. The first-order valence-electron chi connectivity index (χ1n) is 6.23. The first-order chi connectivity index (χ1) is 10.5. The van der Waals surface area contributed by atoms with E-state index in [-0.39, 0.29) is 12.8 Å². The quantitative estimate of drug-likeness (QED) is 0.341. The van der Waals surface area contributed by atoms with Crippen LogP contribution in [-0.4, -0.2) is 42.4 Å². The fourth-order valence-electron chi connectivity index (χ4n) is 1.31. The average molecular weight is 384 g/mol. The van der Waals surface area contributed by atoms with Gasteiger partial charge in [-0.3, -0.25) is 0 Å². The molecule has 0 saturated heterocycles. The molecular formula is C11H11F11O2. The molecule has 0 fully saturated rings. The number of carbonyl (C=O) groups excluding carboxylic acids is 1. The van der Waals surface area contributed by atoms with Gasteiger partial charge in [-0.1, -0.05) is 19.8 Å². The summed E-state index contributed by atoms with van der Waals surface area (Å²) in [6.07, 6.45) is -6.68. The van der Waals surface area contributed by atoms with Gasteiger partial charge in [-0.15, -0.1) is 0 Å². The summed E-state index contributed by atoms with van der Waals surface area (Å²) < 4.78 is 142. The van der Waals surface area contributed by atoms with Gasteiger partial charge < -0.3 is 4.74 Å². The molecule has 0 heterocycles. The second-order valence-electron chi connectivity index (χ2n) is 4.64. The predicted octanol–water partition coefficient (Wildman–Crippen LogP) is 4.82. The number of ether oxygens (including phenoxy) is 1. The van der Waals surface area contributed by atoms with Gasteiger partial charge in [-0.2, -0.15) is 48.3 Å². The lowest BCUT2D eigenvalue weighted by Gasteiger charge is -2.36. The molecule has 0 bridgehead atoms. The molecule has 0 rings (SSSR count). The lowest BCUT2D eigenvalue weighted by atomic mass is 9.98. The maximum Gasteiger partial charge on any atom is 0.460 e. The molecule has 0 unspecified atom stereocenters. The molecule has 0 aromatic heterocycles. The molecule has 2 nitrogen and oxygen atoms in total. The predicted molar refractivity (Wildman–Crippen MR) is 56.3 cm³/mol. The first kappa shape index (κ1) is 22.7. The van der Waals surface area contributed by atoms with Gasteiger partial charge in [-0.05, 0) is 6.42 Å². The summed E-state index contributed by atoms with van der Waals surface area (Å²) in [4.78, 5) is 10.8. The number of rotatable bonds is 8. The fraction of sp³-hybridized carbons (Fsp3) is 0.909. The highest BCUT2D eigenvalue weighted by Gasteiger charge is 2.88. The van der Waals surface area contributed by atoms with Gasteiger partial charge >= 0.3 is 35.8 Å². The Morgan fingerprint density at radius 2 is 1.21 bits per heavy atom. The van der Waals surface area contributed by atoms with Gasteiger partial charge in [0.25, 0.3) is 0 Å². The van der Waals surface area contributed by atoms with E-state index in [2.05, 4.69) is 4.74 Å². The largest absolute Gasteiger partial charge is 0.461 e. The van der Waals surface area contributed by atoms with Gasteiger partial charge in [0, 0.05) is 0 Å². The van der Waals surface area contributed by atoms with E-state index in [1.54, 1.807) is 6.92 Å². The summed E-state index contributed by atoms with van der Waals surface area (Å²) in [6.45, 7) is 0.671. The Hall–Kier alpha value is -1.30. The Bertz CT molecular complexity index is 442. The molecule has 24 heavy (non-hydrogen) atoms. The first-order valence-corrected chi connectivity index (χ1v) is 6.23. The third kappa shape index (κ3) is 3.68. The van der Waals surface area contributed by atoms with Crippen molar-refractivity contribution in [1.29, 1.82) is 0 Å². The summed E-state index contributed by atoms with van der Waals surface area (Å²) in [6, 6.07) is 0. The standard InChI is InChI=1S/C11H11F11O2/c1-2-3-4-5-24-6(23)7(12,13)8(14,15)9(16,17)10(18,19)11(20,21)22/h2-5H2,1H3. The van der Waals surface area contributed by atoms with Crippen LogP contribution in [0, 0.1) is 0 Å². The van der Waals surface area contributed by atoms with Gasteiger partial charge in [0.05, 0.1) is 6.61 Å². The minimum Gasteiger partial charge on any atom is -0.461 e. The number of unbranched alkanes of at least 4 members (excludes halogenated alkanes) is 2. The van der Waals surface area contributed by atoms with E-state index >= 15 is 0 Å². The van der Waals surface area contributed by atoms with Crippen molar-refractivity contribution in [3.8, 4) is 0 Å². The second-order valence-corrected chi connectivity index (χ2v) is 4.64. The molecule has 0 saturated carbocycles. The number of hydrogen-bond acceptors (Lipinski definition) is 2. The minimum absolute atomic E-state index is 0.140. The van der Waals surface area contributed by atoms with Gasteiger partial charge in [0.2, 0.25) is 0 Å². The van der Waals surface area contributed by atoms with Crippen LogP contribution in [0.4, 0.5) is 48.3 Å². The second kappa shape index (κ2) is 6.90. The normalized spacial score (nSPS) is 14.7. The number of hydrogen-bond donors (Lipinski definition) is 0. The van der Waals surface area contributed by atoms with E-state index in [4.69, 9.17) is 0 Å². The van der Waals surface area contributed by atoms with Gasteiger partial charge in [0.15, 0.2) is 0 Å². The van der Waals surface area contributed by atoms with Crippen molar-refractivity contribution in [1.82, 2.24) is 0 Å². The molecule has 0 atom stereocenters. The van der Waals surface area contributed by atoms with Crippen molar-refractivity contribution in [2.45, 2.75) is 56.1 Å². The molecule has 0 aromatic rings. The van der Waals surface area contributed by atoms with Crippen LogP contribution in [0.15, 0.2) is 0 Å². The van der Waals surface area contributed by atoms with Crippen molar-refractivity contribution >= 4 is 5.97 Å². The lowest BCUT2D eigenvalue weighted by molar-refractivity contribution is -0.418. The fourth-order valence-corrected chi connectivity index (χ4v) is 1.31. The summed E-state index contributed by atoms with van der Waals surface area (Å²) >= 11 is 0. The highest BCUT2D eigenvalue weighted by molar-refractivity contribution is 5.79. The Labute approximate surface area is 127 Å². The zero-order valence-corrected chi connectivity index (χ0v) is 11.8. The summed E-state index contributed by atoms with van der Waals surface area (Å²) in [7, 11) is 0. The summed E-state index contributed by atoms with van der Waals surface area (Å²) in [5.41, 5.74) is 0. The van der Waals surface area contributed by atoms with E-state index in [1.807, 2.05) is 0 Å². The van der Waals surface area contributed by atoms with Gasteiger partial charge in [0.1, 0.15) is 0 Å². The molecule has 144 valence electrons. The number of alkyl halides is 11. The Kier molecular flexibility index (Phi) is 6.53. The smallest absolute Gasteiger partial charge is 0.460 e. The van der Waals surface area contributed by atoms with Crippen molar-refractivity contribution in [3.05, 3.63) is 0 Å². The SMILES string of the molecule is CCCCCOC(=O)C(F)(F)C(F)(F)C(F)(F)C(F)(F)C(F)(F)F. The van der Waals surface area contributed by atoms with Crippen LogP contribution in [0.5, 0.6) is 0 Å². The Balaban J connectivity index is 5.56. The lowest BCUT2D eigenvalue weighted by Crippen LogP contribution is -2.68. The zero-order valence-electron chi connectivity index (χ0n) is 11.8. The molecule has 0 N–H and O–H groups in total. The molecule has 0 aliphatic rings. The van der Waals surface area contributed by atoms with E-state index in [0.717, 1.165) is 0 Å². The van der Waals surface area contributed by atoms with Crippen molar-refractivity contribution in [2.75, 3.05) is 6.61 Å². The van der Waals surface area contributed by atoms with Crippen LogP contribution >= 0.6 is 0 Å². The van der Waals surface area contributed by atoms with E-state index in [0.29, 0.717) is 6.42 Å². The zero-order chi connectivity index (χ0) is 19.6. The third-order valence-corrected chi connectivity index (χ3v) is 2.78. The number of esters is 1. The highest BCUT2D eigenvalue weighted by atomic mass is 19.4. The maximum absolute atomic E-state index is 13.1. The molecule has 0 spiro atoms. The Morgan fingerprint density at radius 3 is 1.58 bits per heavy atom. The number of halogens is 11.